The summed E-state index contributed by atoms with van der Waals surface area (Å²) >= 11 is 0. The van der Waals surface area contributed by atoms with Crippen molar-refractivity contribution in [3.05, 3.63) is 0 Å². The van der Waals surface area contributed by atoms with E-state index in [-0.39, 0.29) is 66.9 Å². The van der Waals surface area contributed by atoms with Crippen LogP contribution in [0.15, 0.2) is 0 Å². The van der Waals surface area contributed by atoms with E-state index in [0.29, 0.717) is 0 Å². The zero-order valence-electron chi connectivity index (χ0n) is 6.75. The average molecular weight is 264 g/mol. The van der Waals surface area contributed by atoms with E-state index in [1.54, 1.807) is 0 Å². The first kappa shape index (κ1) is 136. The monoisotopic (exact) mass is 264 g/mol. The molecule has 14 heavy (non-hydrogen) atoms. The minimum Gasteiger partial charge on any atom is -0.759 e. The molecule has 14 heteroatoms. The topological polar surface area (TPSA) is 332 Å². The van der Waals surface area contributed by atoms with Crippen LogP contribution in [0.5, 0.6) is 0 Å². The third-order valence-corrected chi connectivity index (χ3v) is 0. The van der Waals surface area contributed by atoms with Crippen LogP contribution in [-0.4, -0.2) is 84.4 Å². The fourth-order valence-corrected chi connectivity index (χ4v) is 0. The summed E-state index contributed by atoms with van der Waals surface area (Å²) in [5.41, 5.74) is 0. The minimum absolute atomic E-state index is 0. The van der Waals surface area contributed by atoms with Gasteiger partial charge in [0, 0.05) is 10.4 Å². The molecule has 0 rings (SSSR count). The second kappa shape index (κ2) is 50.6. The quantitative estimate of drug-likeness (QED) is 0.233. The number of rotatable bonds is 0. The SMILES string of the molecule is O.O.O.O.O.O.O.O.O=S(=O)([O-])[O-].[Mg+2]. The normalized spacial score (nSPS) is 4.14. The Labute approximate surface area is 95.1 Å². The molecule has 0 fully saturated rings. The predicted octanol–water partition coefficient (Wildman–Crippen LogP) is -8.32. The van der Waals surface area contributed by atoms with Gasteiger partial charge in [-0.15, -0.1) is 0 Å². The second-order valence-electron chi connectivity index (χ2n) is 0.408. The number of hydrogen-bond acceptors (Lipinski definition) is 4. The Morgan fingerprint density at radius 1 is 0.571 bits per heavy atom. The first-order valence-electron chi connectivity index (χ1n) is 0.667. The molecule has 0 aromatic rings. The van der Waals surface area contributed by atoms with Crippen molar-refractivity contribution >= 4 is 33.5 Å². The van der Waals surface area contributed by atoms with Crippen molar-refractivity contribution in [3.8, 4) is 0 Å². The van der Waals surface area contributed by atoms with Gasteiger partial charge >= 0.3 is 23.1 Å². The van der Waals surface area contributed by atoms with Crippen molar-refractivity contribution in [3.63, 3.8) is 0 Å². The van der Waals surface area contributed by atoms with E-state index in [0.717, 1.165) is 0 Å². The Kier molecular flexibility index (Phi) is 493. The Morgan fingerprint density at radius 3 is 0.571 bits per heavy atom. The van der Waals surface area contributed by atoms with Crippen LogP contribution in [0.4, 0.5) is 0 Å². The van der Waals surface area contributed by atoms with Crippen molar-refractivity contribution in [2.75, 3.05) is 0 Å². The molecule has 0 heterocycles. The molecular weight excluding hydrogens is 248 g/mol. The average Bonchev–Trinajstić information content (AvgIpc) is 0.722. The van der Waals surface area contributed by atoms with E-state index < -0.39 is 10.4 Å². The van der Waals surface area contributed by atoms with Gasteiger partial charge in [-0.1, -0.05) is 0 Å². The molecule has 96 valence electrons. The molecule has 16 N–H and O–H groups in total. The Balaban J connectivity index is -0.00000000222. The van der Waals surface area contributed by atoms with Gasteiger partial charge in [0.15, 0.2) is 0 Å². The van der Waals surface area contributed by atoms with Crippen LogP contribution in [0.2, 0.25) is 0 Å². The van der Waals surface area contributed by atoms with E-state index in [1.165, 1.54) is 0 Å². The van der Waals surface area contributed by atoms with Gasteiger partial charge in [-0.3, -0.25) is 8.42 Å². The predicted molar refractivity (Wildman–Crippen MR) is 45.1 cm³/mol. The maximum atomic E-state index is 8.52. The van der Waals surface area contributed by atoms with Crippen molar-refractivity contribution in [2.24, 2.45) is 0 Å². The van der Waals surface area contributed by atoms with Crippen LogP contribution in [0.3, 0.4) is 0 Å². The molecule has 0 spiro atoms. The maximum Gasteiger partial charge on any atom is 2.00 e. The van der Waals surface area contributed by atoms with Crippen LogP contribution in [0.1, 0.15) is 0 Å². The van der Waals surface area contributed by atoms with Crippen molar-refractivity contribution < 1.29 is 61.3 Å². The van der Waals surface area contributed by atoms with Gasteiger partial charge in [0.25, 0.3) is 0 Å². The van der Waals surface area contributed by atoms with Crippen molar-refractivity contribution in [1.82, 2.24) is 0 Å². The molecule has 0 saturated heterocycles. The summed E-state index contributed by atoms with van der Waals surface area (Å²) in [4.78, 5) is 0. The summed E-state index contributed by atoms with van der Waals surface area (Å²) in [7, 11) is -5.17. The van der Waals surface area contributed by atoms with Gasteiger partial charge < -0.3 is 52.9 Å². The molecule has 0 atom stereocenters. The zero-order chi connectivity index (χ0) is 4.50. The standard InChI is InChI=1S/Mg.H2O4S.8H2O/c;1-5(2,3)4;;;;;;;;/h;(H2,1,2,3,4);8*1H2/q+2;;;;;;;;;/p-2. The van der Waals surface area contributed by atoms with Crippen LogP contribution in [0, 0.1) is 0 Å². The summed E-state index contributed by atoms with van der Waals surface area (Å²) in [6, 6.07) is 0. The fraction of sp³-hybridized carbons (Fsp3) is 0. The van der Waals surface area contributed by atoms with Crippen molar-refractivity contribution in [2.45, 2.75) is 0 Å². The van der Waals surface area contributed by atoms with Gasteiger partial charge in [0.05, 0.1) is 0 Å². The molecule has 0 amide bonds. The van der Waals surface area contributed by atoms with Crippen LogP contribution in [-0.2, 0) is 10.4 Å². The largest absolute Gasteiger partial charge is 2.00 e. The molecule has 0 aliphatic heterocycles. The molecular formula is H16MgO12S. The summed E-state index contributed by atoms with van der Waals surface area (Å²) in [5, 5.41) is 0. The third-order valence-electron chi connectivity index (χ3n) is 0. The van der Waals surface area contributed by atoms with Gasteiger partial charge in [-0.05, 0) is 0 Å². The first-order valence-corrected chi connectivity index (χ1v) is 2.00. The fourth-order valence-electron chi connectivity index (χ4n) is 0. The van der Waals surface area contributed by atoms with Crippen LogP contribution in [0.25, 0.3) is 0 Å². The molecule has 0 bridgehead atoms. The molecule has 0 saturated carbocycles. The third kappa shape index (κ3) is 15800. The molecule has 0 aliphatic rings. The molecule has 0 aromatic carbocycles. The van der Waals surface area contributed by atoms with Gasteiger partial charge in [-0.25, -0.2) is 0 Å². The molecule has 12 nitrogen and oxygen atoms in total. The van der Waals surface area contributed by atoms with E-state index >= 15 is 0 Å². The first-order chi connectivity index (χ1) is 2.00. The summed E-state index contributed by atoms with van der Waals surface area (Å²) < 4.78 is 34.1. The summed E-state index contributed by atoms with van der Waals surface area (Å²) in [6.45, 7) is 0. The molecule has 0 aromatic heterocycles. The van der Waals surface area contributed by atoms with Crippen LogP contribution < -0.4 is 0 Å². The zero-order valence-corrected chi connectivity index (χ0v) is 8.98. The van der Waals surface area contributed by atoms with E-state index in [1.807, 2.05) is 0 Å². The Bertz CT molecular complexity index is 93.5. The van der Waals surface area contributed by atoms with Gasteiger partial charge in [0.2, 0.25) is 0 Å². The van der Waals surface area contributed by atoms with Gasteiger partial charge in [0.1, 0.15) is 0 Å². The molecule has 0 unspecified atom stereocenters. The summed E-state index contributed by atoms with van der Waals surface area (Å²) in [5.74, 6) is 0. The summed E-state index contributed by atoms with van der Waals surface area (Å²) in [6.07, 6.45) is 0. The van der Waals surface area contributed by atoms with Crippen molar-refractivity contribution in [1.29, 1.82) is 0 Å². The van der Waals surface area contributed by atoms with Gasteiger partial charge in [-0.2, -0.15) is 0 Å². The molecule has 0 radical (unpaired) electrons. The Hall–Kier alpha value is 0.316. The van der Waals surface area contributed by atoms with E-state index in [9.17, 15) is 0 Å². The van der Waals surface area contributed by atoms with E-state index in [4.69, 9.17) is 17.5 Å². The minimum atomic E-state index is -5.17. The van der Waals surface area contributed by atoms with E-state index in [2.05, 4.69) is 0 Å². The number of hydrogen-bond donors (Lipinski definition) is 0. The van der Waals surface area contributed by atoms with Crippen LogP contribution >= 0.6 is 0 Å². The molecule has 0 aliphatic carbocycles. The maximum absolute atomic E-state index is 8.52. The Morgan fingerprint density at radius 2 is 0.571 bits per heavy atom. The second-order valence-corrected chi connectivity index (χ2v) is 1.22. The smallest absolute Gasteiger partial charge is 0.759 e.